The number of pyridine rings is 1. The molecule has 0 aliphatic heterocycles. The molecule has 2 rings (SSSR count). The summed E-state index contributed by atoms with van der Waals surface area (Å²) < 4.78 is 23.4. The van der Waals surface area contributed by atoms with Crippen LogP contribution in [0.4, 0.5) is 0 Å². The zero-order chi connectivity index (χ0) is 13.6. The maximum atomic E-state index is 11.7. The largest absolute Gasteiger partial charge is 0.256 e. The molecule has 0 radical (unpaired) electrons. The maximum Gasteiger partial charge on any atom is 0.238 e. The van der Waals surface area contributed by atoms with Crippen molar-refractivity contribution in [2.45, 2.75) is 31.1 Å². The van der Waals surface area contributed by atoms with Crippen LogP contribution in [0.25, 0.3) is 10.9 Å². The minimum Gasteiger partial charge on any atom is -0.256 e. The number of benzene rings is 1. The zero-order valence-electron chi connectivity index (χ0n) is 10.6. The fourth-order valence-electron chi connectivity index (χ4n) is 1.82. The first-order chi connectivity index (χ1) is 8.19. The van der Waals surface area contributed by atoms with Crippen LogP contribution in [0.5, 0.6) is 0 Å². The van der Waals surface area contributed by atoms with Crippen LogP contribution in [0.1, 0.15) is 26.3 Å². The van der Waals surface area contributed by atoms with Crippen LogP contribution in [0, 0.1) is 0 Å². The number of aromatic nitrogens is 1. The van der Waals surface area contributed by atoms with Crippen LogP contribution < -0.4 is 5.14 Å². The molecule has 1 aromatic carbocycles. The van der Waals surface area contributed by atoms with Crippen molar-refractivity contribution in [3.05, 3.63) is 36.0 Å². The highest BCUT2D eigenvalue weighted by Gasteiger charge is 2.20. The van der Waals surface area contributed by atoms with Crippen molar-refractivity contribution >= 4 is 20.9 Å². The van der Waals surface area contributed by atoms with Crippen LogP contribution in [-0.4, -0.2) is 13.4 Å². The molecule has 0 saturated heterocycles. The van der Waals surface area contributed by atoms with E-state index in [9.17, 15) is 8.42 Å². The van der Waals surface area contributed by atoms with E-state index in [0.29, 0.717) is 10.9 Å². The lowest BCUT2D eigenvalue weighted by molar-refractivity contribution is 0.585. The molecule has 4 nitrogen and oxygen atoms in total. The summed E-state index contributed by atoms with van der Waals surface area (Å²) in [6.45, 7) is 6.05. The Bertz CT molecular complexity index is 700. The van der Waals surface area contributed by atoms with Gasteiger partial charge in [0, 0.05) is 11.6 Å². The lowest BCUT2D eigenvalue weighted by Gasteiger charge is -2.20. The van der Waals surface area contributed by atoms with E-state index in [2.05, 4.69) is 4.98 Å². The van der Waals surface area contributed by atoms with Gasteiger partial charge in [0.15, 0.2) is 0 Å². The van der Waals surface area contributed by atoms with Gasteiger partial charge in [-0.05, 0) is 35.2 Å². The fourth-order valence-corrected chi connectivity index (χ4v) is 2.59. The fraction of sp³-hybridized carbons (Fsp3) is 0.308. The molecule has 2 N–H and O–H groups in total. The molecule has 0 fully saturated rings. The Hall–Kier alpha value is -1.46. The molecule has 2 aromatic rings. The maximum absolute atomic E-state index is 11.7. The molecular weight excluding hydrogens is 248 g/mol. The number of sulfonamides is 1. The van der Waals surface area contributed by atoms with Crippen LogP contribution in [0.2, 0.25) is 0 Å². The average Bonchev–Trinajstić information content (AvgIpc) is 2.25. The number of nitrogens with two attached hydrogens (primary N) is 1. The van der Waals surface area contributed by atoms with Gasteiger partial charge in [0.25, 0.3) is 0 Å². The first kappa shape index (κ1) is 13.0. The second-order valence-corrected chi connectivity index (χ2v) is 6.87. The number of fused-ring (bicyclic) bond motifs is 1. The molecule has 18 heavy (non-hydrogen) atoms. The Kier molecular flexibility index (Phi) is 2.91. The van der Waals surface area contributed by atoms with E-state index in [-0.39, 0.29) is 10.3 Å². The summed E-state index contributed by atoms with van der Waals surface area (Å²) in [5.74, 6) is 0. The molecule has 0 aliphatic rings. The highest BCUT2D eigenvalue weighted by Crippen LogP contribution is 2.29. The van der Waals surface area contributed by atoms with Crippen molar-refractivity contribution in [1.82, 2.24) is 4.98 Å². The second kappa shape index (κ2) is 4.03. The Morgan fingerprint density at radius 2 is 1.89 bits per heavy atom. The van der Waals surface area contributed by atoms with Crippen LogP contribution in [0.15, 0.2) is 35.4 Å². The van der Waals surface area contributed by atoms with Crippen molar-refractivity contribution in [3.63, 3.8) is 0 Å². The van der Waals surface area contributed by atoms with E-state index in [4.69, 9.17) is 5.14 Å². The summed E-state index contributed by atoms with van der Waals surface area (Å²) in [6.07, 6.45) is 1.64. The third-order valence-electron chi connectivity index (χ3n) is 2.86. The molecule has 0 bridgehead atoms. The van der Waals surface area contributed by atoms with Gasteiger partial charge in [-0.1, -0.05) is 20.8 Å². The highest BCUT2D eigenvalue weighted by molar-refractivity contribution is 7.89. The normalized spacial score (nSPS) is 12.9. The van der Waals surface area contributed by atoms with Crippen molar-refractivity contribution in [2.24, 2.45) is 5.14 Å². The smallest absolute Gasteiger partial charge is 0.238 e. The van der Waals surface area contributed by atoms with Gasteiger partial charge in [0.1, 0.15) is 0 Å². The van der Waals surface area contributed by atoms with E-state index in [0.717, 1.165) is 5.56 Å². The molecule has 1 aromatic heterocycles. The van der Waals surface area contributed by atoms with Gasteiger partial charge >= 0.3 is 0 Å². The summed E-state index contributed by atoms with van der Waals surface area (Å²) in [5, 5.41) is 5.84. The lowest BCUT2D eigenvalue weighted by Crippen LogP contribution is -2.16. The SMILES string of the molecule is CC(C)(C)c1cc(S(N)(=O)=O)c2cccnc2c1. The highest BCUT2D eigenvalue weighted by atomic mass is 32.2. The van der Waals surface area contributed by atoms with Gasteiger partial charge in [-0.15, -0.1) is 0 Å². The molecule has 0 aliphatic carbocycles. The van der Waals surface area contributed by atoms with Crippen molar-refractivity contribution < 1.29 is 8.42 Å². The van der Waals surface area contributed by atoms with E-state index in [1.807, 2.05) is 26.8 Å². The summed E-state index contributed by atoms with van der Waals surface area (Å²) in [5.41, 5.74) is 1.39. The quantitative estimate of drug-likeness (QED) is 0.858. The van der Waals surface area contributed by atoms with Gasteiger partial charge < -0.3 is 0 Å². The molecule has 0 unspecified atom stereocenters. The van der Waals surface area contributed by atoms with E-state index < -0.39 is 10.0 Å². The van der Waals surface area contributed by atoms with E-state index in [1.54, 1.807) is 24.4 Å². The average molecular weight is 264 g/mol. The number of hydrogen-bond acceptors (Lipinski definition) is 3. The second-order valence-electron chi connectivity index (χ2n) is 5.34. The van der Waals surface area contributed by atoms with Crippen molar-refractivity contribution in [3.8, 4) is 0 Å². The Morgan fingerprint density at radius 1 is 1.22 bits per heavy atom. The lowest BCUT2D eigenvalue weighted by atomic mass is 9.86. The van der Waals surface area contributed by atoms with Crippen molar-refractivity contribution in [2.75, 3.05) is 0 Å². The summed E-state index contributed by atoms with van der Waals surface area (Å²) in [6, 6.07) is 6.96. The first-order valence-corrected chi connectivity index (χ1v) is 7.16. The third kappa shape index (κ3) is 2.37. The minimum absolute atomic E-state index is 0.137. The van der Waals surface area contributed by atoms with Crippen molar-refractivity contribution in [1.29, 1.82) is 0 Å². The summed E-state index contributed by atoms with van der Waals surface area (Å²) in [7, 11) is -3.75. The molecule has 5 heteroatoms. The van der Waals surface area contributed by atoms with Gasteiger partial charge in [-0.25, -0.2) is 13.6 Å². The Labute approximate surface area is 107 Å². The molecule has 0 amide bonds. The van der Waals surface area contributed by atoms with Gasteiger partial charge in [-0.2, -0.15) is 0 Å². The molecular formula is C13H16N2O2S. The van der Waals surface area contributed by atoms with Gasteiger partial charge in [0.2, 0.25) is 10.0 Å². The number of rotatable bonds is 1. The Balaban J connectivity index is 2.90. The van der Waals surface area contributed by atoms with Crippen LogP contribution >= 0.6 is 0 Å². The molecule has 0 spiro atoms. The monoisotopic (exact) mass is 264 g/mol. The zero-order valence-corrected chi connectivity index (χ0v) is 11.5. The third-order valence-corrected chi connectivity index (χ3v) is 3.81. The molecule has 0 atom stereocenters. The molecule has 96 valence electrons. The number of hydrogen-bond donors (Lipinski definition) is 1. The summed E-state index contributed by atoms with van der Waals surface area (Å²) >= 11 is 0. The topological polar surface area (TPSA) is 73.1 Å². The minimum atomic E-state index is -3.75. The predicted octanol–water partition coefficient (Wildman–Crippen LogP) is 2.18. The predicted molar refractivity (Wildman–Crippen MR) is 71.8 cm³/mol. The van der Waals surface area contributed by atoms with Gasteiger partial charge in [-0.3, -0.25) is 4.98 Å². The first-order valence-electron chi connectivity index (χ1n) is 5.62. The number of primary sulfonamides is 1. The molecule has 0 saturated carbocycles. The van der Waals surface area contributed by atoms with E-state index in [1.165, 1.54) is 0 Å². The summed E-state index contributed by atoms with van der Waals surface area (Å²) in [4.78, 5) is 4.35. The molecule has 1 heterocycles. The van der Waals surface area contributed by atoms with E-state index >= 15 is 0 Å². The number of nitrogens with zero attached hydrogens (tertiary/aromatic N) is 1. The van der Waals surface area contributed by atoms with Crippen LogP contribution in [0.3, 0.4) is 0 Å². The Morgan fingerprint density at radius 3 is 2.44 bits per heavy atom. The van der Waals surface area contributed by atoms with Crippen LogP contribution in [-0.2, 0) is 15.4 Å². The standard InChI is InChI=1S/C13H16N2O2S/c1-13(2,3)9-7-11-10(5-4-6-15-11)12(8-9)18(14,16)17/h4-8H,1-3H3,(H2,14,16,17). The van der Waals surface area contributed by atoms with Gasteiger partial charge in [0.05, 0.1) is 10.4 Å².